The van der Waals surface area contributed by atoms with E-state index in [0.29, 0.717) is 27.7 Å². The van der Waals surface area contributed by atoms with Crippen LogP contribution in [-0.4, -0.2) is 36.4 Å². The van der Waals surface area contributed by atoms with Crippen molar-refractivity contribution in [1.82, 2.24) is 14.6 Å². The summed E-state index contributed by atoms with van der Waals surface area (Å²) in [5.41, 5.74) is 1.23. The molecule has 0 aliphatic heterocycles. The Bertz CT molecular complexity index is 1110. The number of para-hydroxylation sites is 1. The van der Waals surface area contributed by atoms with Crippen LogP contribution in [0.4, 0.5) is 0 Å². The Morgan fingerprint density at radius 2 is 2.17 bits per heavy atom. The molecule has 3 aromatic heterocycles. The second kappa shape index (κ2) is 4.80. The van der Waals surface area contributed by atoms with Gasteiger partial charge in [-0.1, -0.05) is 23.5 Å². The van der Waals surface area contributed by atoms with Gasteiger partial charge in [-0.2, -0.15) is 0 Å². The monoisotopic (exact) mass is 349 g/mol. The molecule has 4 aromatic rings. The highest BCUT2D eigenvalue weighted by atomic mass is 32.2. The Hall–Kier alpha value is -2.39. The van der Waals surface area contributed by atoms with Crippen LogP contribution in [0.1, 0.15) is 0 Å². The molecule has 0 amide bonds. The smallest absolute Gasteiger partial charge is 0.232 e. The van der Waals surface area contributed by atoms with Gasteiger partial charge in [-0.3, -0.25) is 0 Å². The van der Waals surface area contributed by atoms with E-state index in [2.05, 4.69) is 10.1 Å². The molecule has 0 bridgehead atoms. The summed E-state index contributed by atoms with van der Waals surface area (Å²) in [6.07, 6.45) is 2.77. The minimum atomic E-state index is -3.33. The van der Waals surface area contributed by atoms with Crippen molar-refractivity contribution in [3.05, 3.63) is 30.5 Å². The lowest BCUT2D eigenvalue weighted by atomic mass is 10.2. The summed E-state index contributed by atoms with van der Waals surface area (Å²) in [7, 11) is -1.75. The first-order valence-corrected chi connectivity index (χ1v) is 9.30. The van der Waals surface area contributed by atoms with Crippen molar-refractivity contribution >= 4 is 37.1 Å². The van der Waals surface area contributed by atoms with E-state index in [1.807, 2.05) is 24.3 Å². The molecule has 0 N–H and O–H groups in total. The average molecular weight is 349 g/mol. The predicted molar refractivity (Wildman–Crippen MR) is 85.7 cm³/mol. The molecule has 7 nitrogen and oxygen atoms in total. The third-order valence-electron chi connectivity index (χ3n) is 3.32. The van der Waals surface area contributed by atoms with Crippen molar-refractivity contribution in [2.75, 3.05) is 13.4 Å². The maximum Gasteiger partial charge on any atom is 0.232 e. The number of aromatic nitrogens is 3. The summed E-state index contributed by atoms with van der Waals surface area (Å²) >= 11 is 1.02. The molecule has 0 saturated heterocycles. The Morgan fingerprint density at radius 3 is 2.87 bits per heavy atom. The van der Waals surface area contributed by atoms with Crippen molar-refractivity contribution in [1.29, 1.82) is 0 Å². The first-order valence-electron chi connectivity index (χ1n) is 6.59. The molecule has 0 atom stereocenters. The summed E-state index contributed by atoms with van der Waals surface area (Å²) in [4.78, 5) is 4.88. The van der Waals surface area contributed by atoms with Gasteiger partial charge < -0.3 is 9.15 Å². The molecule has 0 spiro atoms. The number of benzene rings is 1. The van der Waals surface area contributed by atoms with E-state index >= 15 is 0 Å². The Morgan fingerprint density at radius 1 is 1.35 bits per heavy atom. The van der Waals surface area contributed by atoms with Crippen LogP contribution in [0.25, 0.3) is 27.4 Å². The van der Waals surface area contributed by atoms with Gasteiger partial charge in [-0.05, 0) is 12.1 Å². The van der Waals surface area contributed by atoms with Crippen LogP contribution in [0.3, 0.4) is 0 Å². The molecule has 0 saturated carbocycles. The van der Waals surface area contributed by atoms with Crippen LogP contribution in [0.2, 0.25) is 0 Å². The molecule has 0 unspecified atom stereocenters. The first kappa shape index (κ1) is 14.2. The minimum absolute atomic E-state index is 0.0397. The summed E-state index contributed by atoms with van der Waals surface area (Å²) < 4.78 is 35.6. The summed E-state index contributed by atoms with van der Waals surface area (Å²) in [5, 5.41) is 4.94. The number of sulfone groups is 1. The standard InChI is InChI=1S/C14H11N3O4S2/c1-20-10-5-3-4-8-6-11(21-12(8)10)9-7-17-13(15-9)22-14(16-17)23(2,18)19/h3-7H,1-2H3. The molecule has 0 radical (unpaired) electrons. The van der Waals surface area contributed by atoms with E-state index in [4.69, 9.17) is 9.15 Å². The largest absolute Gasteiger partial charge is 0.493 e. The van der Waals surface area contributed by atoms with E-state index < -0.39 is 9.84 Å². The summed E-state index contributed by atoms with van der Waals surface area (Å²) in [6, 6.07) is 7.48. The topological polar surface area (TPSA) is 86.7 Å². The SMILES string of the molecule is COc1cccc2cc(-c3cn4nc(S(C)(=O)=O)sc4n3)oc12. The number of imidazole rings is 1. The fourth-order valence-electron chi connectivity index (χ4n) is 2.27. The second-order valence-electron chi connectivity index (χ2n) is 4.98. The van der Waals surface area contributed by atoms with E-state index in [-0.39, 0.29) is 4.34 Å². The summed E-state index contributed by atoms with van der Waals surface area (Å²) in [6.45, 7) is 0. The van der Waals surface area contributed by atoms with Crippen LogP contribution >= 0.6 is 11.3 Å². The van der Waals surface area contributed by atoms with Gasteiger partial charge >= 0.3 is 0 Å². The van der Waals surface area contributed by atoms with Gasteiger partial charge in [-0.25, -0.2) is 17.9 Å². The zero-order valence-electron chi connectivity index (χ0n) is 12.2. The van der Waals surface area contributed by atoms with Gasteiger partial charge in [0.1, 0.15) is 5.69 Å². The maximum absolute atomic E-state index is 11.5. The van der Waals surface area contributed by atoms with Crippen molar-refractivity contribution in [3.63, 3.8) is 0 Å². The first-order chi connectivity index (χ1) is 11.0. The van der Waals surface area contributed by atoms with Crippen LogP contribution < -0.4 is 4.74 Å². The van der Waals surface area contributed by atoms with Gasteiger partial charge in [0.25, 0.3) is 0 Å². The highest BCUT2D eigenvalue weighted by molar-refractivity contribution is 7.92. The predicted octanol–water partition coefficient (Wildman–Crippen LogP) is 2.62. The number of hydrogen-bond acceptors (Lipinski definition) is 7. The lowest BCUT2D eigenvalue weighted by molar-refractivity contribution is 0.411. The quantitative estimate of drug-likeness (QED) is 0.565. The number of rotatable bonds is 3. The molecule has 4 rings (SSSR count). The molecule has 23 heavy (non-hydrogen) atoms. The van der Waals surface area contributed by atoms with Gasteiger partial charge in [0.2, 0.25) is 19.1 Å². The van der Waals surface area contributed by atoms with E-state index in [0.717, 1.165) is 23.0 Å². The van der Waals surface area contributed by atoms with Crippen LogP contribution in [0, 0.1) is 0 Å². The van der Waals surface area contributed by atoms with Crippen LogP contribution in [-0.2, 0) is 9.84 Å². The zero-order chi connectivity index (χ0) is 16.2. The maximum atomic E-state index is 11.5. The fourth-order valence-corrected chi connectivity index (χ4v) is 3.96. The van der Waals surface area contributed by atoms with Gasteiger partial charge in [0, 0.05) is 11.6 Å². The number of hydrogen-bond donors (Lipinski definition) is 0. The zero-order valence-corrected chi connectivity index (χ0v) is 13.8. The molecule has 0 aliphatic rings. The third-order valence-corrected chi connectivity index (χ3v) is 5.91. The number of fused-ring (bicyclic) bond motifs is 2. The fraction of sp³-hybridized carbons (Fsp3) is 0.143. The lowest BCUT2D eigenvalue weighted by Crippen LogP contribution is -1.96. The lowest BCUT2D eigenvalue weighted by Gasteiger charge is -1.98. The normalized spacial score (nSPS) is 12.3. The highest BCUT2D eigenvalue weighted by Crippen LogP contribution is 2.33. The Labute approximate surface area is 135 Å². The number of ether oxygens (including phenoxy) is 1. The Balaban J connectivity index is 1.84. The molecule has 0 aliphatic carbocycles. The van der Waals surface area contributed by atoms with Crippen LogP contribution in [0.5, 0.6) is 5.75 Å². The van der Waals surface area contributed by atoms with Crippen LogP contribution in [0.15, 0.2) is 39.2 Å². The van der Waals surface area contributed by atoms with E-state index in [9.17, 15) is 8.42 Å². The summed E-state index contributed by atoms with van der Waals surface area (Å²) in [5.74, 6) is 1.22. The minimum Gasteiger partial charge on any atom is -0.493 e. The van der Waals surface area contributed by atoms with E-state index in [1.165, 1.54) is 4.52 Å². The van der Waals surface area contributed by atoms with Gasteiger partial charge in [0.15, 0.2) is 17.1 Å². The molecule has 1 aromatic carbocycles. The number of methoxy groups -OCH3 is 1. The van der Waals surface area contributed by atoms with Crippen molar-refractivity contribution in [3.8, 4) is 17.2 Å². The highest BCUT2D eigenvalue weighted by Gasteiger charge is 2.18. The van der Waals surface area contributed by atoms with Gasteiger partial charge in [-0.15, -0.1) is 5.10 Å². The van der Waals surface area contributed by atoms with Crippen molar-refractivity contribution in [2.24, 2.45) is 0 Å². The van der Waals surface area contributed by atoms with Crippen molar-refractivity contribution in [2.45, 2.75) is 4.34 Å². The molecule has 3 heterocycles. The molecule has 0 fully saturated rings. The number of furan rings is 1. The molecule has 118 valence electrons. The second-order valence-corrected chi connectivity index (χ2v) is 8.13. The molecular formula is C14H11N3O4S2. The molecular weight excluding hydrogens is 338 g/mol. The van der Waals surface area contributed by atoms with Gasteiger partial charge in [0.05, 0.1) is 13.3 Å². The number of nitrogens with zero attached hydrogens (tertiary/aromatic N) is 3. The average Bonchev–Trinajstić information content (AvgIpc) is 3.16. The van der Waals surface area contributed by atoms with E-state index in [1.54, 1.807) is 13.3 Å². The third kappa shape index (κ3) is 2.28. The Kier molecular flexibility index (Phi) is 2.97. The molecule has 9 heteroatoms. The van der Waals surface area contributed by atoms with Crippen molar-refractivity contribution < 1.29 is 17.6 Å².